The van der Waals surface area contributed by atoms with Crippen LogP contribution in [-0.2, 0) is 0 Å². The molecule has 0 bridgehead atoms. The molecule has 0 aromatic heterocycles. The normalized spacial score (nSPS) is 10.4. The fourth-order valence-electron chi connectivity index (χ4n) is 1.99. The first-order chi connectivity index (χ1) is 7.61. The third-order valence-corrected chi connectivity index (χ3v) is 3.13. The molecule has 0 radical (unpaired) electrons. The summed E-state index contributed by atoms with van der Waals surface area (Å²) in [6.45, 7) is 6.18. The van der Waals surface area contributed by atoms with Gasteiger partial charge in [0.15, 0.2) is 0 Å². The molecule has 16 heavy (non-hydrogen) atoms. The molecule has 1 heteroatoms. The summed E-state index contributed by atoms with van der Waals surface area (Å²) in [6.07, 6.45) is 0. The number of aryl methyl sites for hydroxylation is 2. The predicted molar refractivity (Wildman–Crippen MR) is 67.8 cm³/mol. The van der Waals surface area contributed by atoms with E-state index in [2.05, 4.69) is 32.9 Å². The Labute approximate surface area is 96.4 Å². The Morgan fingerprint density at radius 1 is 0.812 bits per heavy atom. The van der Waals surface area contributed by atoms with Crippen LogP contribution in [0, 0.1) is 20.8 Å². The molecular formula is C15H16O. The van der Waals surface area contributed by atoms with Crippen molar-refractivity contribution in [3.05, 3.63) is 53.1 Å². The van der Waals surface area contributed by atoms with Crippen LogP contribution in [0.1, 0.15) is 16.7 Å². The maximum absolute atomic E-state index is 9.99. The van der Waals surface area contributed by atoms with E-state index < -0.39 is 0 Å². The van der Waals surface area contributed by atoms with Crippen molar-refractivity contribution < 1.29 is 5.11 Å². The quantitative estimate of drug-likeness (QED) is 0.758. The molecule has 0 fully saturated rings. The Balaban J connectivity index is 2.74. The van der Waals surface area contributed by atoms with Gasteiger partial charge in [0.1, 0.15) is 5.75 Å². The van der Waals surface area contributed by atoms with Crippen molar-refractivity contribution in [2.24, 2.45) is 0 Å². The molecular weight excluding hydrogens is 196 g/mol. The van der Waals surface area contributed by atoms with E-state index in [1.54, 1.807) is 6.07 Å². The smallest absolute Gasteiger partial charge is 0.123 e. The lowest BCUT2D eigenvalue weighted by molar-refractivity contribution is 0.476. The van der Waals surface area contributed by atoms with E-state index in [-0.39, 0.29) is 0 Å². The highest BCUT2D eigenvalue weighted by molar-refractivity contribution is 5.76. The summed E-state index contributed by atoms with van der Waals surface area (Å²) < 4.78 is 0. The summed E-state index contributed by atoms with van der Waals surface area (Å²) >= 11 is 0. The molecule has 2 aromatic rings. The van der Waals surface area contributed by atoms with Crippen molar-refractivity contribution in [1.29, 1.82) is 0 Å². The maximum atomic E-state index is 9.99. The summed E-state index contributed by atoms with van der Waals surface area (Å²) in [5.74, 6) is 0.359. The average Bonchev–Trinajstić information content (AvgIpc) is 2.27. The topological polar surface area (TPSA) is 20.2 Å². The molecule has 0 spiro atoms. The van der Waals surface area contributed by atoms with Gasteiger partial charge in [-0.25, -0.2) is 0 Å². The van der Waals surface area contributed by atoms with Crippen LogP contribution in [0.25, 0.3) is 11.1 Å². The van der Waals surface area contributed by atoms with E-state index in [1.807, 2.05) is 18.2 Å². The highest BCUT2D eigenvalue weighted by Gasteiger charge is 2.10. The van der Waals surface area contributed by atoms with E-state index in [0.29, 0.717) is 5.75 Å². The zero-order chi connectivity index (χ0) is 11.7. The predicted octanol–water partition coefficient (Wildman–Crippen LogP) is 3.98. The van der Waals surface area contributed by atoms with Crippen molar-refractivity contribution in [1.82, 2.24) is 0 Å². The monoisotopic (exact) mass is 212 g/mol. The molecule has 0 aliphatic rings. The van der Waals surface area contributed by atoms with Gasteiger partial charge in [-0.15, -0.1) is 0 Å². The number of benzene rings is 2. The molecule has 2 rings (SSSR count). The van der Waals surface area contributed by atoms with Crippen molar-refractivity contribution in [2.45, 2.75) is 20.8 Å². The fraction of sp³-hybridized carbons (Fsp3) is 0.200. The standard InChI is InChI=1S/C15H16O/c1-10-8-9-14(16)15(12(10)3)13-7-5-4-6-11(13)2/h4-9,16H,1-3H3. The molecule has 0 unspecified atom stereocenters. The van der Waals surface area contributed by atoms with Gasteiger partial charge in [-0.05, 0) is 49.1 Å². The molecule has 0 saturated heterocycles. The van der Waals surface area contributed by atoms with Crippen molar-refractivity contribution in [3.63, 3.8) is 0 Å². The minimum atomic E-state index is 0.359. The summed E-state index contributed by atoms with van der Waals surface area (Å²) in [5.41, 5.74) is 5.61. The van der Waals surface area contributed by atoms with Crippen molar-refractivity contribution in [2.75, 3.05) is 0 Å². The molecule has 0 heterocycles. The lowest BCUT2D eigenvalue weighted by Crippen LogP contribution is -1.90. The second-order valence-electron chi connectivity index (χ2n) is 4.22. The van der Waals surface area contributed by atoms with Gasteiger partial charge >= 0.3 is 0 Å². The minimum Gasteiger partial charge on any atom is -0.507 e. The number of aromatic hydroxyl groups is 1. The van der Waals surface area contributed by atoms with Gasteiger partial charge in [-0.3, -0.25) is 0 Å². The number of hydrogen-bond donors (Lipinski definition) is 1. The zero-order valence-electron chi connectivity index (χ0n) is 9.91. The van der Waals surface area contributed by atoms with Gasteiger partial charge in [0, 0.05) is 5.56 Å². The highest BCUT2D eigenvalue weighted by Crippen LogP contribution is 2.35. The fourth-order valence-corrected chi connectivity index (χ4v) is 1.99. The molecule has 0 saturated carbocycles. The van der Waals surface area contributed by atoms with Crippen LogP contribution in [0.15, 0.2) is 36.4 Å². The molecule has 0 aliphatic carbocycles. The third kappa shape index (κ3) is 1.69. The molecule has 1 N–H and O–H groups in total. The summed E-state index contributed by atoms with van der Waals surface area (Å²) in [5, 5.41) is 9.99. The maximum Gasteiger partial charge on any atom is 0.123 e. The van der Waals surface area contributed by atoms with Crippen LogP contribution in [0.2, 0.25) is 0 Å². The van der Waals surface area contributed by atoms with Gasteiger partial charge in [0.05, 0.1) is 0 Å². The molecule has 0 amide bonds. The van der Waals surface area contributed by atoms with Crippen LogP contribution in [0.4, 0.5) is 0 Å². The number of hydrogen-bond acceptors (Lipinski definition) is 1. The lowest BCUT2D eigenvalue weighted by Gasteiger charge is -2.13. The number of phenolic OH excluding ortho intramolecular Hbond substituents is 1. The van der Waals surface area contributed by atoms with Crippen LogP contribution in [0.3, 0.4) is 0 Å². The number of rotatable bonds is 1. The van der Waals surface area contributed by atoms with Crippen LogP contribution < -0.4 is 0 Å². The van der Waals surface area contributed by atoms with E-state index in [1.165, 1.54) is 11.1 Å². The zero-order valence-corrected chi connectivity index (χ0v) is 9.91. The van der Waals surface area contributed by atoms with Gasteiger partial charge in [-0.1, -0.05) is 30.3 Å². The first-order valence-corrected chi connectivity index (χ1v) is 5.46. The average molecular weight is 212 g/mol. The van der Waals surface area contributed by atoms with Gasteiger partial charge in [0.25, 0.3) is 0 Å². The third-order valence-electron chi connectivity index (χ3n) is 3.13. The van der Waals surface area contributed by atoms with Crippen molar-refractivity contribution in [3.8, 4) is 16.9 Å². The van der Waals surface area contributed by atoms with Gasteiger partial charge < -0.3 is 5.11 Å². The largest absolute Gasteiger partial charge is 0.507 e. The SMILES string of the molecule is Cc1ccccc1-c1c(O)ccc(C)c1C. The highest BCUT2D eigenvalue weighted by atomic mass is 16.3. The minimum absolute atomic E-state index is 0.359. The van der Waals surface area contributed by atoms with E-state index in [9.17, 15) is 5.11 Å². The van der Waals surface area contributed by atoms with E-state index >= 15 is 0 Å². The Hall–Kier alpha value is -1.76. The van der Waals surface area contributed by atoms with E-state index in [4.69, 9.17) is 0 Å². The van der Waals surface area contributed by atoms with Crippen LogP contribution >= 0.6 is 0 Å². The lowest BCUT2D eigenvalue weighted by atomic mass is 9.93. The van der Waals surface area contributed by atoms with Crippen LogP contribution in [0.5, 0.6) is 5.75 Å². The summed E-state index contributed by atoms with van der Waals surface area (Å²) in [4.78, 5) is 0. The Morgan fingerprint density at radius 2 is 1.50 bits per heavy atom. The molecule has 1 nitrogen and oxygen atoms in total. The van der Waals surface area contributed by atoms with Crippen LogP contribution in [-0.4, -0.2) is 5.11 Å². The van der Waals surface area contributed by atoms with Gasteiger partial charge in [-0.2, -0.15) is 0 Å². The Bertz CT molecular complexity index is 527. The Kier molecular flexibility index (Phi) is 2.69. The molecule has 0 atom stereocenters. The second-order valence-corrected chi connectivity index (χ2v) is 4.22. The first kappa shape index (κ1) is 10.7. The van der Waals surface area contributed by atoms with Crippen molar-refractivity contribution >= 4 is 0 Å². The van der Waals surface area contributed by atoms with E-state index in [0.717, 1.165) is 16.7 Å². The van der Waals surface area contributed by atoms with Gasteiger partial charge in [0.2, 0.25) is 0 Å². The summed E-state index contributed by atoms with van der Waals surface area (Å²) in [6, 6.07) is 11.9. The molecule has 2 aromatic carbocycles. The molecule has 0 aliphatic heterocycles. The number of phenols is 1. The Morgan fingerprint density at radius 3 is 2.19 bits per heavy atom. The second kappa shape index (κ2) is 4.01. The molecule has 82 valence electrons. The first-order valence-electron chi connectivity index (χ1n) is 5.46. The summed E-state index contributed by atoms with van der Waals surface area (Å²) in [7, 11) is 0.